The molecule has 3 fully saturated rings. The maximum absolute atomic E-state index is 6.10. The van der Waals surface area contributed by atoms with Crippen LogP contribution in [-0.4, -0.2) is 31.1 Å². The number of nitrogens with zero attached hydrogens (tertiary/aromatic N) is 1. The summed E-state index contributed by atoms with van der Waals surface area (Å²) in [6.45, 7) is 2.65. The Morgan fingerprint density at radius 1 is 1.00 bits per heavy atom. The quantitative estimate of drug-likeness (QED) is 0.831. The van der Waals surface area contributed by atoms with Crippen molar-refractivity contribution < 1.29 is 0 Å². The minimum absolute atomic E-state index is 0.486. The number of fused-ring (bicyclic) bond motifs is 2. The first-order valence-corrected chi connectivity index (χ1v) is 8.15. The number of hydrogen-bond acceptors (Lipinski definition) is 2. The summed E-state index contributed by atoms with van der Waals surface area (Å²) < 4.78 is 0. The lowest BCUT2D eigenvalue weighted by atomic mass is 9.85. The fraction of sp³-hybridized carbons (Fsp3) is 1.00. The van der Waals surface area contributed by atoms with E-state index in [1.165, 1.54) is 58.0 Å². The molecule has 5 atom stereocenters. The van der Waals surface area contributed by atoms with Gasteiger partial charge in [-0.1, -0.05) is 12.8 Å². The molecule has 3 rings (SSSR count). The molecule has 18 heavy (non-hydrogen) atoms. The van der Waals surface area contributed by atoms with Gasteiger partial charge in [-0.2, -0.15) is 0 Å². The Labute approximate surface area is 112 Å². The van der Waals surface area contributed by atoms with E-state index in [2.05, 4.69) is 11.9 Å². The Morgan fingerprint density at radius 3 is 2.56 bits per heavy atom. The lowest BCUT2D eigenvalue weighted by Gasteiger charge is -2.33. The van der Waals surface area contributed by atoms with Gasteiger partial charge in [-0.3, -0.25) is 0 Å². The Hall–Kier alpha value is -0.0800. The highest BCUT2D eigenvalue weighted by Gasteiger charge is 2.39. The minimum atomic E-state index is 0.486. The van der Waals surface area contributed by atoms with Crippen molar-refractivity contribution in [2.45, 2.75) is 57.4 Å². The molecule has 0 heterocycles. The first kappa shape index (κ1) is 12.9. The van der Waals surface area contributed by atoms with Gasteiger partial charge in [0.15, 0.2) is 0 Å². The van der Waals surface area contributed by atoms with E-state index in [1.807, 2.05) is 0 Å². The Kier molecular flexibility index (Phi) is 3.95. The van der Waals surface area contributed by atoms with Crippen LogP contribution in [-0.2, 0) is 0 Å². The summed E-state index contributed by atoms with van der Waals surface area (Å²) in [6, 6.07) is 0.486. The first-order chi connectivity index (χ1) is 8.70. The maximum Gasteiger partial charge on any atom is 0.00419 e. The van der Waals surface area contributed by atoms with Gasteiger partial charge in [-0.05, 0) is 69.2 Å². The molecule has 0 aromatic rings. The molecule has 0 radical (unpaired) electrons. The number of hydrogen-bond donors (Lipinski definition) is 1. The highest BCUT2D eigenvalue weighted by atomic mass is 15.1. The van der Waals surface area contributed by atoms with Gasteiger partial charge in [0.05, 0.1) is 0 Å². The van der Waals surface area contributed by atoms with Crippen LogP contribution < -0.4 is 5.73 Å². The van der Waals surface area contributed by atoms with Crippen LogP contribution in [0.15, 0.2) is 0 Å². The van der Waals surface area contributed by atoms with Gasteiger partial charge in [-0.15, -0.1) is 0 Å². The Bertz CT molecular complexity index is 278. The molecule has 0 aliphatic heterocycles. The molecule has 0 aromatic carbocycles. The summed E-state index contributed by atoms with van der Waals surface area (Å²) in [7, 11) is 2.34. The first-order valence-electron chi connectivity index (χ1n) is 8.15. The van der Waals surface area contributed by atoms with Crippen molar-refractivity contribution in [1.29, 1.82) is 0 Å². The monoisotopic (exact) mass is 250 g/mol. The molecule has 104 valence electrons. The minimum Gasteiger partial charge on any atom is -0.328 e. The van der Waals surface area contributed by atoms with Crippen LogP contribution in [0, 0.1) is 23.7 Å². The summed E-state index contributed by atoms with van der Waals surface area (Å²) in [5.74, 6) is 4.06. The van der Waals surface area contributed by atoms with E-state index in [9.17, 15) is 0 Å². The molecular formula is C16H30N2. The molecule has 2 heteroatoms. The molecule has 3 aliphatic carbocycles. The average Bonchev–Trinajstić information content (AvgIpc) is 2.90. The molecule has 0 aromatic heterocycles. The van der Waals surface area contributed by atoms with Gasteiger partial charge in [0.1, 0.15) is 0 Å². The fourth-order valence-corrected chi connectivity index (χ4v) is 5.01. The number of nitrogens with two attached hydrogens (primary N) is 1. The predicted molar refractivity (Wildman–Crippen MR) is 76.4 cm³/mol. The second-order valence-electron chi connectivity index (χ2n) is 7.45. The van der Waals surface area contributed by atoms with Gasteiger partial charge in [0.2, 0.25) is 0 Å². The third-order valence-corrected chi connectivity index (χ3v) is 5.82. The zero-order valence-corrected chi connectivity index (χ0v) is 12.0. The van der Waals surface area contributed by atoms with Crippen molar-refractivity contribution in [3.05, 3.63) is 0 Å². The van der Waals surface area contributed by atoms with E-state index in [1.54, 1.807) is 6.42 Å². The predicted octanol–water partition coefficient (Wildman–Crippen LogP) is 2.87. The van der Waals surface area contributed by atoms with Crippen molar-refractivity contribution in [1.82, 2.24) is 4.90 Å². The smallest absolute Gasteiger partial charge is 0.00419 e. The molecule has 0 spiro atoms. The van der Waals surface area contributed by atoms with Crippen LogP contribution in [0.25, 0.3) is 0 Å². The SMILES string of the molecule is CN(CC1CCCC(N)C1)CC1CC2CCC1C2. The zero-order valence-electron chi connectivity index (χ0n) is 12.0. The normalized spacial score (nSPS) is 43.8. The fourth-order valence-electron chi connectivity index (χ4n) is 5.01. The molecule has 2 nitrogen and oxygen atoms in total. The zero-order chi connectivity index (χ0) is 12.5. The van der Waals surface area contributed by atoms with E-state index in [4.69, 9.17) is 5.73 Å². The van der Waals surface area contributed by atoms with Crippen LogP contribution in [0.4, 0.5) is 0 Å². The topological polar surface area (TPSA) is 29.3 Å². The summed E-state index contributed by atoms with van der Waals surface area (Å²) in [6.07, 6.45) is 11.4. The standard InChI is InChI=1S/C16H30N2/c1-18(10-13-3-2-4-16(17)9-13)11-15-8-12-5-6-14(15)7-12/h12-16H,2-11,17H2,1H3. The molecule has 2 bridgehead atoms. The van der Waals surface area contributed by atoms with E-state index in [0.29, 0.717) is 6.04 Å². The summed E-state index contributed by atoms with van der Waals surface area (Å²) in [5.41, 5.74) is 6.10. The third-order valence-electron chi connectivity index (χ3n) is 5.82. The molecule has 3 aliphatic rings. The third kappa shape index (κ3) is 2.91. The molecule has 3 saturated carbocycles. The summed E-state index contributed by atoms with van der Waals surface area (Å²) in [4.78, 5) is 2.62. The molecule has 5 unspecified atom stereocenters. The van der Waals surface area contributed by atoms with Crippen LogP contribution >= 0.6 is 0 Å². The van der Waals surface area contributed by atoms with Gasteiger partial charge >= 0.3 is 0 Å². The van der Waals surface area contributed by atoms with Crippen molar-refractivity contribution in [3.63, 3.8) is 0 Å². The van der Waals surface area contributed by atoms with E-state index in [-0.39, 0.29) is 0 Å². The highest BCUT2D eigenvalue weighted by Crippen LogP contribution is 2.48. The van der Waals surface area contributed by atoms with Crippen LogP contribution in [0.3, 0.4) is 0 Å². The van der Waals surface area contributed by atoms with E-state index >= 15 is 0 Å². The van der Waals surface area contributed by atoms with Crippen LogP contribution in [0.2, 0.25) is 0 Å². The Balaban J connectivity index is 1.43. The highest BCUT2D eigenvalue weighted by molar-refractivity contribution is 4.91. The number of rotatable bonds is 4. The Morgan fingerprint density at radius 2 is 1.89 bits per heavy atom. The van der Waals surface area contributed by atoms with Gasteiger partial charge in [-0.25, -0.2) is 0 Å². The summed E-state index contributed by atoms with van der Waals surface area (Å²) >= 11 is 0. The van der Waals surface area contributed by atoms with E-state index < -0.39 is 0 Å². The van der Waals surface area contributed by atoms with Gasteiger partial charge < -0.3 is 10.6 Å². The second-order valence-corrected chi connectivity index (χ2v) is 7.45. The molecule has 2 N–H and O–H groups in total. The van der Waals surface area contributed by atoms with Crippen LogP contribution in [0.5, 0.6) is 0 Å². The van der Waals surface area contributed by atoms with Crippen molar-refractivity contribution >= 4 is 0 Å². The van der Waals surface area contributed by atoms with Crippen LogP contribution in [0.1, 0.15) is 51.4 Å². The van der Waals surface area contributed by atoms with Gasteiger partial charge in [0, 0.05) is 19.1 Å². The molecule has 0 amide bonds. The average molecular weight is 250 g/mol. The lowest BCUT2D eigenvalue weighted by Crippen LogP contribution is -2.36. The second kappa shape index (κ2) is 5.50. The largest absolute Gasteiger partial charge is 0.328 e. The lowest BCUT2D eigenvalue weighted by molar-refractivity contribution is 0.174. The van der Waals surface area contributed by atoms with Gasteiger partial charge in [0.25, 0.3) is 0 Å². The van der Waals surface area contributed by atoms with Crippen molar-refractivity contribution in [2.24, 2.45) is 29.4 Å². The van der Waals surface area contributed by atoms with Crippen molar-refractivity contribution in [2.75, 3.05) is 20.1 Å². The summed E-state index contributed by atoms with van der Waals surface area (Å²) in [5, 5.41) is 0. The van der Waals surface area contributed by atoms with Crippen molar-refractivity contribution in [3.8, 4) is 0 Å². The maximum atomic E-state index is 6.10. The molecule has 0 saturated heterocycles. The molecular weight excluding hydrogens is 220 g/mol. The van der Waals surface area contributed by atoms with E-state index in [0.717, 1.165) is 23.7 Å².